The van der Waals surface area contributed by atoms with Gasteiger partial charge in [0.05, 0.1) is 12.5 Å². The summed E-state index contributed by atoms with van der Waals surface area (Å²) in [7, 11) is 2.14. The molecule has 2 aliphatic heterocycles. The maximum Gasteiger partial charge on any atom is 0.244 e. The molecule has 2 N–H and O–H groups in total. The van der Waals surface area contributed by atoms with Crippen molar-refractivity contribution in [1.82, 2.24) is 15.5 Å². The molecule has 2 fully saturated rings. The molecule has 2 amide bonds. The summed E-state index contributed by atoms with van der Waals surface area (Å²) < 4.78 is 0. The van der Waals surface area contributed by atoms with E-state index in [1.807, 2.05) is 0 Å². The van der Waals surface area contributed by atoms with Gasteiger partial charge in [0.25, 0.3) is 0 Å². The van der Waals surface area contributed by atoms with Crippen molar-refractivity contribution in [3.8, 4) is 0 Å². The monoisotopic (exact) mass is 239 g/mol. The third-order valence-electron chi connectivity index (χ3n) is 3.94. The molecule has 0 saturated carbocycles. The molecule has 0 aromatic carbocycles. The van der Waals surface area contributed by atoms with E-state index < -0.39 is 0 Å². The molecular weight excluding hydrogens is 218 g/mol. The summed E-state index contributed by atoms with van der Waals surface area (Å²) in [6, 6.07) is -0.320. The third kappa shape index (κ3) is 3.04. The quantitative estimate of drug-likeness (QED) is 0.665. The number of rotatable bonds is 3. The fourth-order valence-electron chi connectivity index (χ4n) is 2.42. The number of piperidine rings is 1. The molecule has 2 saturated heterocycles. The van der Waals surface area contributed by atoms with Crippen LogP contribution in [0, 0.1) is 5.41 Å². The molecule has 5 nitrogen and oxygen atoms in total. The van der Waals surface area contributed by atoms with Gasteiger partial charge in [0.1, 0.15) is 0 Å². The second-order valence-corrected chi connectivity index (χ2v) is 5.66. The summed E-state index contributed by atoms with van der Waals surface area (Å²) in [4.78, 5) is 24.8. The zero-order valence-electron chi connectivity index (χ0n) is 10.6. The minimum absolute atomic E-state index is 0.166. The SMILES string of the molecule is CN1CCC(C)(CNC2CC(=O)NC2=O)CC1. The largest absolute Gasteiger partial charge is 0.306 e. The second-order valence-electron chi connectivity index (χ2n) is 5.66. The first-order valence-electron chi connectivity index (χ1n) is 6.24. The second kappa shape index (κ2) is 4.74. The number of nitrogens with zero attached hydrogens (tertiary/aromatic N) is 1. The number of hydrogen-bond acceptors (Lipinski definition) is 4. The Morgan fingerprint density at radius 2 is 2.06 bits per heavy atom. The summed E-state index contributed by atoms with van der Waals surface area (Å²) >= 11 is 0. The maximum atomic E-state index is 11.4. The van der Waals surface area contributed by atoms with Gasteiger partial charge in [-0.2, -0.15) is 0 Å². The molecule has 2 heterocycles. The molecule has 5 heteroatoms. The molecular formula is C12H21N3O2. The first kappa shape index (κ1) is 12.5. The lowest BCUT2D eigenvalue weighted by Crippen LogP contribution is -2.46. The Morgan fingerprint density at radius 3 is 2.59 bits per heavy atom. The van der Waals surface area contributed by atoms with E-state index >= 15 is 0 Å². The average molecular weight is 239 g/mol. The van der Waals surface area contributed by atoms with Crippen LogP contribution in [-0.4, -0.2) is 49.4 Å². The van der Waals surface area contributed by atoms with Gasteiger partial charge in [-0.15, -0.1) is 0 Å². The van der Waals surface area contributed by atoms with Crippen LogP contribution in [0.15, 0.2) is 0 Å². The zero-order chi connectivity index (χ0) is 12.5. The Hall–Kier alpha value is -0.940. The fourth-order valence-corrected chi connectivity index (χ4v) is 2.42. The first-order chi connectivity index (χ1) is 7.98. The van der Waals surface area contributed by atoms with Gasteiger partial charge in [-0.1, -0.05) is 6.92 Å². The minimum Gasteiger partial charge on any atom is -0.306 e. The molecule has 0 aliphatic carbocycles. The van der Waals surface area contributed by atoms with Crippen molar-refractivity contribution in [3.63, 3.8) is 0 Å². The average Bonchev–Trinajstić information content (AvgIpc) is 2.60. The van der Waals surface area contributed by atoms with E-state index in [9.17, 15) is 9.59 Å². The maximum absolute atomic E-state index is 11.4. The molecule has 2 aliphatic rings. The van der Waals surface area contributed by atoms with E-state index in [2.05, 4.69) is 29.5 Å². The number of amides is 2. The van der Waals surface area contributed by atoms with Gasteiger partial charge in [0, 0.05) is 6.54 Å². The van der Waals surface area contributed by atoms with Crippen LogP contribution in [-0.2, 0) is 9.59 Å². The van der Waals surface area contributed by atoms with Crippen LogP contribution in [0.3, 0.4) is 0 Å². The molecule has 0 bridgehead atoms. The number of likely N-dealkylation sites (tertiary alicyclic amines) is 1. The van der Waals surface area contributed by atoms with Gasteiger partial charge in [-0.05, 0) is 38.4 Å². The lowest BCUT2D eigenvalue weighted by atomic mass is 9.80. The Morgan fingerprint density at radius 1 is 1.41 bits per heavy atom. The predicted molar refractivity (Wildman–Crippen MR) is 64.4 cm³/mol. The van der Waals surface area contributed by atoms with E-state index in [1.165, 1.54) is 0 Å². The van der Waals surface area contributed by atoms with E-state index in [-0.39, 0.29) is 29.7 Å². The van der Waals surface area contributed by atoms with Crippen LogP contribution >= 0.6 is 0 Å². The molecule has 0 aromatic heterocycles. The highest BCUT2D eigenvalue weighted by Gasteiger charge is 2.34. The highest BCUT2D eigenvalue weighted by Crippen LogP contribution is 2.29. The van der Waals surface area contributed by atoms with Crippen LogP contribution in [0.5, 0.6) is 0 Å². The van der Waals surface area contributed by atoms with Crippen molar-refractivity contribution in [2.45, 2.75) is 32.2 Å². The van der Waals surface area contributed by atoms with Crippen molar-refractivity contribution in [2.75, 3.05) is 26.7 Å². The fraction of sp³-hybridized carbons (Fsp3) is 0.833. The summed E-state index contributed by atoms with van der Waals surface area (Å²) in [6.07, 6.45) is 2.56. The zero-order valence-corrected chi connectivity index (χ0v) is 10.6. The Labute approximate surface area is 102 Å². The molecule has 0 aromatic rings. The van der Waals surface area contributed by atoms with E-state index in [4.69, 9.17) is 0 Å². The van der Waals surface area contributed by atoms with Gasteiger partial charge >= 0.3 is 0 Å². The molecule has 1 atom stereocenters. The van der Waals surface area contributed by atoms with E-state index in [1.54, 1.807) is 0 Å². The molecule has 1 unspecified atom stereocenters. The van der Waals surface area contributed by atoms with Crippen LogP contribution in [0.25, 0.3) is 0 Å². The van der Waals surface area contributed by atoms with Gasteiger partial charge in [-0.3, -0.25) is 14.9 Å². The number of carbonyl (C=O) groups is 2. The molecule has 96 valence electrons. The Balaban J connectivity index is 1.81. The summed E-state index contributed by atoms with van der Waals surface area (Å²) in [6.45, 7) is 5.27. The van der Waals surface area contributed by atoms with Crippen molar-refractivity contribution in [3.05, 3.63) is 0 Å². The number of imide groups is 1. The van der Waals surface area contributed by atoms with E-state index in [0.717, 1.165) is 32.5 Å². The highest BCUT2D eigenvalue weighted by atomic mass is 16.2. The van der Waals surface area contributed by atoms with Crippen molar-refractivity contribution >= 4 is 11.8 Å². The standard InChI is InChI=1S/C12H21N3O2/c1-12(3-5-15(2)6-4-12)8-13-9-7-10(16)14-11(9)17/h9,13H,3-8H2,1-2H3,(H,14,16,17). The van der Waals surface area contributed by atoms with Crippen LogP contribution in [0.4, 0.5) is 0 Å². The smallest absolute Gasteiger partial charge is 0.244 e. The molecule has 0 spiro atoms. The van der Waals surface area contributed by atoms with Gasteiger partial charge in [0.2, 0.25) is 11.8 Å². The normalized spacial score (nSPS) is 29.4. The van der Waals surface area contributed by atoms with Gasteiger partial charge < -0.3 is 10.2 Å². The topological polar surface area (TPSA) is 61.4 Å². The van der Waals surface area contributed by atoms with Crippen molar-refractivity contribution in [2.24, 2.45) is 5.41 Å². The first-order valence-corrected chi connectivity index (χ1v) is 6.24. The lowest BCUT2D eigenvalue weighted by Gasteiger charge is -2.38. The minimum atomic E-state index is -0.320. The number of hydrogen-bond donors (Lipinski definition) is 2. The van der Waals surface area contributed by atoms with Crippen LogP contribution in [0.2, 0.25) is 0 Å². The van der Waals surface area contributed by atoms with Crippen LogP contribution in [0.1, 0.15) is 26.2 Å². The molecule has 17 heavy (non-hydrogen) atoms. The Kier molecular flexibility index (Phi) is 3.49. The van der Waals surface area contributed by atoms with E-state index in [0.29, 0.717) is 0 Å². The highest BCUT2D eigenvalue weighted by molar-refractivity contribution is 6.05. The number of nitrogens with one attached hydrogen (secondary N) is 2. The third-order valence-corrected chi connectivity index (χ3v) is 3.94. The lowest BCUT2D eigenvalue weighted by molar-refractivity contribution is -0.125. The summed E-state index contributed by atoms with van der Waals surface area (Å²) in [5, 5.41) is 5.56. The summed E-state index contributed by atoms with van der Waals surface area (Å²) in [5.41, 5.74) is 0.248. The molecule has 0 radical (unpaired) electrons. The van der Waals surface area contributed by atoms with Crippen molar-refractivity contribution in [1.29, 1.82) is 0 Å². The van der Waals surface area contributed by atoms with Crippen molar-refractivity contribution < 1.29 is 9.59 Å². The summed E-state index contributed by atoms with van der Waals surface area (Å²) in [5.74, 6) is -0.340. The Bertz CT molecular complexity index is 322. The predicted octanol–water partition coefficient (Wildman–Crippen LogP) is -0.277. The van der Waals surface area contributed by atoms with Gasteiger partial charge in [-0.25, -0.2) is 0 Å². The number of carbonyl (C=O) groups excluding carboxylic acids is 2. The van der Waals surface area contributed by atoms with Gasteiger partial charge in [0.15, 0.2) is 0 Å². The molecule has 2 rings (SSSR count). The van der Waals surface area contributed by atoms with Crippen LogP contribution < -0.4 is 10.6 Å².